The van der Waals surface area contributed by atoms with E-state index in [2.05, 4.69) is 22.3 Å². The number of Topliss-reactive ketones (excluding diaryl/α,β-unsaturated/α-hetero) is 1. The summed E-state index contributed by atoms with van der Waals surface area (Å²) in [5.41, 5.74) is 4.60. The molecule has 1 aliphatic rings. The van der Waals surface area contributed by atoms with E-state index in [1.807, 2.05) is 52.0 Å². The fourth-order valence-electron chi connectivity index (χ4n) is 4.81. The molecule has 0 unspecified atom stereocenters. The second-order valence-corrected chi connectivity index (χ2v) is 10.9. The zero-order valence-corrected chi connectivity index (χ0v) is 24.7. The molecule has 0 saturated carbocycles. The van der Waals surface area contributed by atoms with Crippen LogP contribution in [0.1, 0.15) is 77.7 Å². The van der Waals surface area contributed by atoms with E-state index in [-0.39, 0.29) is 36.4 Å². The Labute approximate surface area is 242 Å². The molecule has 0 bridgehead atoms. The minimum absolute atomic E-state index is 0.0218. The van der Waals surface area contributed by atoms with Crippen LogP contribution in [-0.2, 0) is 23.9 Å². The van der Waals surface area contributed by atoms with Gasteiger partial charge in [0.25, 0.3) is 5.91 Å². The SMILES string of the molecule is C=Cc1cc2cc([C@@H](C)OC(=O)[C@@H]3CCCN(C(=O)[C@H](C)NC(=O)[C@@H](CC(=O)C/C=C/C)C(C)C)N3)ccc2cn1. The number of amides is 2. The summed E-state index contributed by atoms with van der Waals surface area (Å²) in [6, 6.07) is 6.21. The van der Waals surface area contributed by atoms with E-state index in [4.69, 9.17) is 4.74 Å². The fourth-order valence-corrected chi connectivity index (χ4v) is 4.81. The molecular formula is C32H42N4O5. The number of carbonyl (C=O) groups is 4. The van der Waals surface area contributed by atoms with Crippen LogP contribution in [0.2, 0.25) is 0 Å². The molecule has 0 radical (unpaired) electrons. The first-order valence-electron chi connectivity index (χ1n) is 14.3. The average Bonchev–Trinajstić information content (AvgIpc) is 2.97. The molecule has 41 heavy (non-hydrogen) atoms. The number of hydrogen-bond donors (Lipinski definition) is 2. The van der Waals surface area contributed by atoms with Crippen LogP contribution >= 0.6 is 0 Å². The van der Waals surface area contributed by atoms with Crippen molar-refractivity contribution in [1.82, 2.24) is 20.7 Å². The summed E-state index contributed by atoms with van der Waals surface area (Å²) in [6.07, 6.45) is 8.06. The number of ketones is 1. The first kappa shape index (κ1) is 31.7. The molecule has 0 spiro atoms. The van der Waals surface area contributed by atoms with Gasteiger partial charge in [-0.2, -0.15) is 0 Å². The predicted molar refractivity (Wildman–Crippen MR) is 159 cm³/mol. The molecule has 2 heterocycles. The number of ether oxygens (including phenoxy) is 1. The van der Waals surface area contributed by atoms with Crippen LogP contribution < -0.4 is 10.7 Å². The Kier molecular flexibility index (Phi) is 11.3. The van der Waals surface area contributed by atoms with Gasteiger partial charge in [-0.05, 0) is 68.7 Å². The Bertz CT molecular complexity index is 1300. The van der Waals surface area contributed by atoms with Crippen LogP contribution in [-0.4, -0.2) is 52.2 Å². The van der Waals surface area contributed by atoms with Crippen LogP contribution in [0.15, 0.2) is 49.2 Å². The van der Waals surface area contributed by atoms with Crippen molar-refractivity contribution in [2.45, 2.75) is 78.5 Å². The predicted octanol–water partition coefficient (Wildman–Crippen LogP) is 4.68. The van der Waals surface area contributed by atoms with Crippen molar-refractivity contribution in [3.05, 3.63) is 60.5 Å². The van der Waals surface area contributed by atoms with Crippen molar-refractivity contribution in [3.63, 3.8) is 0 Å². The van der Waals surface area contributed by atoms with Gasteiger partial charge in [-0.1, -0.05) is 44.7 Å². The quantitative estimate of drug-likeness (QED) is 0.285. The van der Waals surface area contributed by atoms with Crippen molar-refractivity contribution in [3.8, 4) is 0 Å². The number of nitrogens with zero attached hydrogens (tertiary/aromatic N) is 2. The molecule has 9 nitrogen and oxygen atoms in total. The van der Waals surface area contributed by atoms with Crippen LogP contribution in [0.3, 0.4) is 0 Å². The third-order valence-corrected chi connectivity index (χ3v) is 7.37. The number of carbonyl (C=O) groups excluding carboxylic acids is 4. The van der Waals surface area contributed by atoms with Gasteiger partial charge < -0.3 is 10.1 Å². The second-order valence-electron chi connectivity index (χ2n) is 10.9. The van der Waals surface area contributed by atoms with Crippen molar-refractivity contribution < 1.29 is 23.9 Å². The van der Waals surface area contributed by atoms with Crippen LogP contribution in [0, 0.1) is 11.8 Å². The summed E-state index contributed by atoms with van der Waals surface area (Å²) in [5.74, 6) is -1.75. The molecule has 2 aromatic rings. The molecule has 1 aromatic carbocycles. The summed E-state index contributed by atoms with van der Waals surface area (Å²) >= 11 is 0. The van der Waals surface area contributed by atoms with E-state index in [1.165, 1.54) is 5.01 Å². The van der Waals surface area contributed by atoms with Gasteiger partial charge in [0.05, 0.1) is 5.69 Å². The Hall–Kier alpha value is -3.85. The van der Waals surface area contributed by atoms with Gasteiger partial charge in [0.2, 0.25) is 5.91 Å². The smallest absolute Gasteiger partial charge is 0.325 e. The molecule has 9 heteroatoms. The van der Waals surface area contributed by atoms with E-state index in [0.717, 1.165) is 22.0 Å². The van der Waals surface area contributed by atoms with Gasteiger partial charge in [0, 0.05) is 36.9 Å². The molecule has 2 amide bonds. The zero-order chi connectivity index (χ0) is 30.1. The standard InChI is InChI=1S/C32H42N4O5/c1-7-9-11-27(37)18-28(20(3)4)30(38)34-21(5)31(39)36-15-10-12-29(35-36)32(40)41-22(6)23-13-14-24-19-33-26(8-2)17-25(24)16-23/h7-9,13-14,16-17,19-22,28-29,35H,2,10-12,15,18H2,1,3-6H3,(H,34,38)/b9-7+/t21-,22+,28-,29-/m0/s1. The number of rotatable bonds is 12. The Morgan fingerprint density at radius 2 is 1.93 bits per heavy atom. The number of hydrazine groups is 1. The molecule has 1 fully saturated rings. The van der Waals surface area contributed by atoms with Gasteiger partial charge in [0.1, 0.15) is 24.0 Å². The first-order valence-corrected chi connectivity index (χ1v) is 14.3. The summed E-state index contributed by atoms with van der Waals surface area (Å²) in [6.45, 7) is 13.2. The molecule has 1 aromatic heterocycles. The van der Waals surface area contributed by atoms with Crippen molar-refractivity contribution in [2.24, 2.45) is 11.8 Å². The summed E-state index contributed by atoms with van der Waals surface area (Å²) < 4.78 is 5.78. The van der Waals surface area contributed by atoms with Gasteiger partial charge in [0.15, 0.2) is 0 Å². The van der Waals surface area contributed by atoms with Crippen molar-refractivity contribution >= 4 is 40.4 Å². The van der Waals surface area contributed by atoms with Crippen molar-refractivity contribution in [1.29, 1.82) is 0 Å². The fraction of sp³-hybridized carbons (Fsp3) is 0.469. The number of allylic oxidation sites excluding steroid dienone is 2. The number of hydrogen-bond acceptors (Lipinski definition) is 7. The molecule has 1 aliphatic heterocycles. The number of esters is 1. The molecular weight excluding hydrogens is 520 g/mol. The van der Waals surface area contributed by atoms with E-state index < -0.39 is 30.1 Å². The minimum atomic E-state index is -0.830. The highest BCUT2D eigenvalue weighted by Gasteiger charge is 2.33. The third-order valence-electron chi connectivity index (χ3n) is 7.37. The van der Waals surface area contributed by atoms with Crippen molar-refractivity contribution in [2.75, 3.05) is 6.54 Å². The molecule has 3 rings (SSSR count). The first-order chi connectivity index (χ1) is 19.5. The molecule has 4 atom stereocenters. The Balaban J connectivity index is 1.58. The maximum absolute atomic E-state index is 13.2. The third kappa shape index (κ3) is 8.57. The highest BCUT2D eigenvalue weighted by Crippen LogP contribution is 2.24. The second kappa shape index (κ2) is 14.7. The highest BCUT2D eigenvalue weighted by molar-refractivity contribution is 5.91. The van der Waals surface area contributed by atoms with E-state index in [9.17, 15) is 19.2 Å². The van der Waals surface area contributed by atoms with Gasteiger partial charge >= 0.3 is 5.97 Å². The molecule has 1 saturated heterocycles. The van der Waals surface area contributed by atoms with E-state index in [0.29, 0.717) is 19.4 Å². The monoisotopic (exact) mass is 562 g/mol. The number of aromatic nitrogens is 1. The van der Waals surface area contributed by atoms with Crippen LogP contribution in [0.25, 0.3) is 16.8 Å². The zero-order valence-electron chi connectivity index (χ0n) is 24.7. The van der Waals surface area contributed by atoms with Crippen LogP contribution in [0.5, 0.6) is 0 Å². The number of nitrogens with one attached hydrogen (secondary N) is 2. The lowest BCUT2D eigenvalue weighted by Gasteiger charge is -2.35. The summed E-state index contributed by atoms with van der Waals surface area (Å²) in [7, 11) is 0. The summed E-state index contributed by atoms with van der Waals surface area (Å²) in [4.78, 5) is 55.8. The van der Waals surface area contributed by atoms with Gasteiger partial charge in [-0.3, -0.25) is 29.2 Å². The highest BCUT2D eigenvalue weighted by atomic mass is 16.5. The Morgan fingerprint density at radius 3 is 2.61 bits per heavy atom. The van der Waals surface area contributed by atoms with Crippen LogP contribution in [0.4, 0.5) is 0 Å². The summed E-state index contributed by atoms with van der Waals surface area (Å²) in [5, 5.41) is 6.10. The average molecular weight is 563 g/mol. The van der Waals surface area contributed by atoms with E-state index in [1.54, 1.807) is 31.3 Å². The number of pyridine rings is 1. The number of fused-ring (bicyclic) bond motifs is 1. The Morgan fingerprint density at radius 1 is 1.17 bits per heavy atom. The maximum Gasteiger partial charge on any atom is 0.325 e. The molecule has 0 aliphatic carbocycles. The lowest BCUT2D eigenvalue weighted by Crippen LogP contribution is -2.59. The van der Waals surface area contributed by atoms with E-state index >= 15 is 0 Å². The lowest BCUT2D eigenvalue weighted by atomic mass is 9.89. The van der Waals surface area contributed by atoms with Gasteiger partial charge in [-0.25, -0.2) is 5.43 Å². The lowest BCUT2D eigenvalue weighted by molar-refractivity contribution is -0.157. The molecule has 2 N–H and O–H groups in total. The number of benzene rings is 1. The minimum Gasteiger partial charge on any atom is -0.457 e. The van der Waals surface area contributed by atoms with Gasteiger partial charge in [-0.15, -0.1) is 0 Å². The largest absolute Gasteiger partial charge is 0.457 e. The topological polar surface area (TPSA) is 118 Å². The normalized spacial score (nSPS) is 17.7. The maximum atomic E-state index is 13.2. The molecule has 220 valence electrons.